The van der Waals surface area contributed by atoms with E-state index in [0.717, 1.165) is 12.0 Å². The number of ether oxygens (including phenoxy) is 1. The molecule has 1 N–H and O–H groups in total. The van der Waals surface area contributed by atoms with Crippen LogP contribution in [0.1, 0.15) is 17.5 Å². The fourth-order valence-electron chi connectivity index (χ4n) is 3.14. The third-order valence-electron chi connectivity index (χ3n) is 4.20. The second-order valence-corrected chi connectivity index (χ2v) is 8.38. The number of rotatable bonds is 3. The Morgan fingerprint density at radius 2 is 2.19 bits per heavy atom. The van der Waals surface area contributed by atoms with E-state index >= 15 is 0 Å². The van der Waals surface area contributed by atoms with Crippen LogP contribution in [-0.4, -0.2) is 37.6 Å². The Morgan fingerprint density at radius 1 is 1.43 bits per heavy atom. The molecule has 3 rings (SSSR count). The van der Waals surface area contributed by atoms with Crippen molar-refractivity contribution in [2.24, 2.45) is 5.41 Å². The number of halogens is 1. The maximum atomic E-state index is 11.7. The molecule has 21 heavy (non-hydrogen) atoms. The molecule has 1 aromatic carbocycles. The van der Waals surface area contributed by atoms with Crippen molar-refractivity contribution >= 4 is 27.4 Å². The van der Waals surface area contributed by atoms with Crippen LogP contribution in [0.2, 0.25) is 5.02 Å². The standard InChI is InChI=1S/C14H15ClO5S/c15-11-5-9-1-3-20-12(9)10(6-11)7-14(13(16)17)2-4-21(18,19)8-14/h5-6H,1-4,7-8H2,(H,16,17). The van der Waals surface area contributed by atoms with E-state index in [4.69, 9.17) is 16.3 Å². The predicted molar refractivity (Wildman–Crippen MR) is 77.7 cm³/mol. The third-order valence-corrected chi connectivity index (χ3v) is 6.23. The van der Waals surface area contributed by atoms with Gasteiger partial charge in [0.1, 0.15) is 5.75 Å². The van der Waals surface area contributed by atoms with Gasteiger partial charge in [-0.1, -0.05) is 11.6 Å². The smallest absolute Gasteiger partial charge is 0.311 e. The van der Waals surface area contributed by atoms with Crippen molar-refractivity contribution in [3.63, 3.8) is 0 Å². The minimum atomic E-state index is -3.30. The van der Waals surface area contributed by atoms with Gasteiger partial charge in [0, 0.05) is 11.4 Å². The second kappa shape index (κ2) is 4.88. The van der Waals surface area contributed by atoms with Crippen molar-refractivity contribution in [1.29, 1.82) is 0 Å². The van der Waals surface area contributed by atoms with E-state index in [0.29, 0.717) is 22.9 Å². The van der Waals surface area contributed by atoms with Crippen molar-refractivity contribution in [2.45, 2.75) is 19.3 Å². The molecule has 1 fully saturated rings. The van der Waals surface area contributed by atoms with Gasteiger partial charge in [-0.2, -0.15) is 0 Å². The zero-order valence-corrected chi connectivity index (χ0v) is 12.8. The number of hydrogen-bond acceptors (Lipinski definition) is 4. The average molecular weight is 331 g/mol. The number of carboxylic acids is 1. The Bertz CT molecular complexity index is 712. The lowest BCUT2D eigenvalue weighted by Crippen LogP contribution is -2.34. The Hall–Kier alpha value is -1.27. The number of aliphatic carboxylic acids is 1. The predicted octanol–water partition coefficient (Wildman–Crippen LogP) is 1.71. The summed E-state index contributed by atoms with van der Waals surface area (Å²) in [4.78, 5) is 11.7. The molecule has 1 unspecified atom stereocenters. The minimum absolute atomic E-state index is 0.0804. The molecule has 1 aromatic rings. The first-order valence-corrected chi connectivity index (χ1v) is 8.89. The third kappa shape index (κ3) is 2.62. The Balaban J connectivity index is 2.01. The van der Waals surface area contributed by atoms with Gasteiger partial charge < -0.3 is 9.84 Å². The molecule has 0 amide bonds. The first-order chi connectivity index (χ1) is 9.81. The van der Waals surface area contributed by atoms with Gasteiger partial charge in [0.25, 0.3) is 0 Å². The molecule has 0 bridgehead atoms. The lowest BCUT2D eigenvalue weighted by Gasteiger charge is -2.23. The summed E-state index contributed by atoms with van der Waals surface area (Å²) in [6.07, 6.45) is 0.998. The van der Waals surface area contributed by atoms with E-state index in [2.05, 4.69) is 0 Å². The molecule has 0 aliphatic carbocycles. The summed E-state index contributed by atoms with van der Waals surface area (Å²) in [5, 5.41) is 10.1. The van der Waals surface area contributed by atoms with Crippen molar-refractivity contribution in [3.8, 4) is 5.75 Å². The number of carboxylic acid groups (broad SMARTS) is 1. The zero-order chi connectivity index (χ0) is 15.3. The molecular formula is C14H15ClO5S. The number of fused-ring (bicyclic) bond motifs is 1. The maximum absolute atomic E-state index is 11.7. The van der Waals surface area contributed by atoms with Crippen LogP contribution in [0.25, 0.3) is 0 Å². The van der Waals surface area contributed by atoms with Crippen molar-refractivity contribution < 1.29 is 23.1 Å². The van der Waals surface area contributed by atoms with Crippen molar-refractivity contribution in [3.05, 3.63) is 28.3 Å². The summed E-state index contributed by atoms with van der Waals surface area (Å²) >= 11 is 6.07. The topological polar surface area (TPSA) is 80.7 Å². The molecule has 2 heterocycles. The van der Waals surface area contributed by atoms with Crippen LogP contribution in [0, 0.1) is 5.41 Å². The van der Waals surface area contributed by atoms with Gasteiger partial charge in [0.2, 0.25) is 0 Å². The van der Waals surface area contributed by atoms with Crippen LogP contribution < -0.4 is 4.74 Å². The molecule has 7 heteroatoms. The van der Waals surface area contributed by atoms with E-state index in [1.54, 1.807) is 6.07 Å². The van der Waals surface area contributed by atoms with Crippen molar-refractivity contribution in [2.75, 3.05) is 18.1 Å². The fourth-order valence-corrected chi connectivity index (χ4v) is 5.46. The van der Waals surface area contributed by atoms with Crippen LogP contribution in [0.5, 0.6) is 5.75 Å². The summed E-state index contributed by atoms with van der Waals surface area (Å²) in [6.45, 7) is 0.543. The van der Waals surface area contributed by atoms with Gasteiger partial charge in [0.15, 0.2) is 9.84 Å². The Morgan fingerprint density at radius 3 is 2.81 bits per heavy atom. The first kappa shape index (κ1) is 14.7. The molecule has 0 spiro atoms. The monoisotopic (exact) mass is 330 g/mol. The molecule has 114 valence electrons. The number of carbonyl (C=O) groups is 1. The highest BCUT2D eigenvalue weighted by Crippen LogP contribution is 2.41. The largest absolute Gasteiger partial charge is 0.493 e. The normalized spacial score (nSPS) is 26.3. The van der Waals surface area contributed by atoms with Crippen LogP contribution in [0.3, 0.4) is 0 Å². The molecule has 1 saturated heterocycles. The average Bonchev–Trinajstić information content (AvgIpc) is 2.94. The van der Waals surface area contributed by atoms with E-state index in [-0.39, 0.29) is 24.3 Å². The summed E-state index contributed by atoms with van der Waals surface area (Å²) in [5.41, 5.74) is 0.372. The molecule has 2 aliphatic heterocycles. The van der Waals surface area contributed by atoms with Gasteiger partial charge >= 0.3 is 5.97 Å². The Kier molecular flexibility index (Phi) is 3.41. The molecule has 5 nitrogen and oxygen atoms in total. The fraction of sp³-hybridized carbons (Fsp3) is 0.500. The summed E-state index contributed by atoms with van der Waals surface area (Å²) in [5.74, 6) is -0.806. The molecule has 0 saturated carbocycles. The van der Waals surface area contributed by atoms with Crippen molar-refractivity contribution in [1.82, 2.24) is 0 Å². The van der Waals surface area contributed by atoms with Gasteiger partial charge in [-0.3, -0.25) is 4.79 Å². The Labute approximate surface area is 127 Å². The number of benzene rings is 1. The molecular weight excluding hydrogens is 316 g/mol. The first-order valence-electron chi connectivity index (χ1n) is 6.69. The molecule has 0 aromatic heterocycles. The van der Waals surface area contributed by atoms with E-state index < -0.39 is 21.2 Å². The lowest BCUT2D eigenvalue weighted by molar-refractivity contribution is -0.147. The molecule has 0 radical (unpaired) electrons. The van der Waals surface area contributed by atoms with Crippen LogP contribution >= 0.6 is 11.6 Å². The molecule has 1 atom stereocenters. The van der Waals surface area contributed by atoms with E-state index in [1.807, 2.05) is 6.07 Å². The zero-order valence-electron chi connectivity index (χ0n) is 11.3. The SMILES string of the molecule is O=C(O)C1(Cc2cc(Cl)cc3c2OCC3)CCS(=O)(=O)C1. The van der Waals surface area contributed by atoms with Gasteiger partial charge in [-0.05, 0) is 36.1 Å². The van der Waals surface area contributed by atoms with Crippen LogP contribution in [-0.2, 0) is 27.5 Å². The van der Waals surface area contributed by atoms with Crippen LogP contribution in [0.15, 0.2) is 12.1 Å². The van der Waals surface area contributed by atoms with Gasteiger partial charge in [-0.25, -0.2) is 8.42 Å². The maximum Gasteiger partial charge on any atom is 0.311 e. The van der Waals surface area contributed by atoms with E-state index in [9.17, 15) is 18.3 Å². The summed E-state index contributed by atoms with van der Waals surface area (Å²) < 4.78 is 29.0. The molecule has 2 aliphatic rings. The van der Waals surface area contributed by atoms with E-state index in [1.165, 1.54) is 0 Å². The quantitative estimate of drug-likeness (QED) is 0.912. The number of sulfone groups is 1. The highest BCUT2D eigenvalue weighted by molar-refractivity contribution is 7.91. The lowest BCUT2D eigenvalue weighted by atomic mass is 9.80. The summed E-state index contributed by atoms with van der Waals surface area (Å²) in [7, 11) is -3.30. The summed E-state index contributed by atoms with van der Waals surface area (Å²) in [6, 6.07) is 3.49. The minimum Gasteiger partial charge on any atom is -0.493 e. The second-order valence-electron chi connectivity index (χ2n) is 5.76. The highest BCUT2D eigenvalue weighted by atomic mass is 35.5. The van der Waals surface area contributed by atoms with Gasteiger partial charge in [0.05, 0.1) is 23.5 Å². The van der Waals surface area contributed by atoms with Gasteiger partial charge in [-0.15, -0.1) is 0 Å². The highest BCUT2D eigenvalue weighted by Gasteiger charge is 2.49. The van der Waals surface area contributed by atoms with Crippen LogP contribution in [0.4, 0.5) is 0 Å². The number of hydrogen-bond donors (Lipinski definition) is 1.